The molecule has 0 unspecified atom stereocenters. The minimum absolute atomic E-state index is 0.0217. The van der Waals surface area contributed by atoms with E-state index in [2.05, 4.69) is 34.2 Å². The molecule has 1 saturated carbocycles. The van der Waals surface area contributed by atoms with Crippen LogP contribution < -0.4 is 0 Å². The van der Waals surface area contributed by atoms with Crippen LogP contribution in [0.2, 0.25) is 0 Å². The Morgan fingerprint density at radius 1 is 1.09 bits per heavy atom. The van der Waals surface area contributed by atoms with Gasteiger partial charge in [0.2, 0.25) is 0 Å². The Labute approximate surface area is 192 Å². The number of hydrogen-bond acceptors (Lipinski definition) is 6. The van der Waals surface area contributed by atoms with E-state index in [1.54, 1.807) is 6.20 Å². The molecule has 1 aliphatic carbocycles. The molecular weight excluding hydrogens is 416 g/mol. The van der Waals surface area contributed by atoms with Gasteiger partial charge >= 0.3 is 0 Å². The van der Waals surface area contributed by atoms with Crippen molar-refractivity contribution >= 4 is 21.9 Å². The van der Waals surface area contributed by atoms with Gasteiger partial charge in [0.05, 0.1) is 30.0 Å². The average Bonchev–Trinajstić information content (AvgIpc) is 3.28. The Morgan fingerprint density at radius 3 is 2.97 bits per heavy atom. The van der Waals surface area contributed by atoms with Crippen LogP contribution in [0.15, 0.2) is 49.1 Å². The monoisotopic (exact) mass is 444 g/mol. The molecule has 0 spiro atoms. The van der Waals surface area contributed by atoms with E-state index in [0.717, 1.165) is 59.9 Å². The zero-order valence-electron chi connectivity index (χ0n) is 18.5. The van der Waals surface area contributed by atoms with Crippen LogP contribution >= 0.6 is 0 Å². The summed E-state index contributed by atoms with van der Waals surface area (Å²) in [4.78, 5) is 13.3. The van der Waals surface area contributed by atoms with E-state index >= 15 is 0 Å². The minimum atomic E-state index is -0.811. The van der Waals surface area contributed by atoms with E-state index in [1.165, 1.54) is 17.5 Å². The molecule has 33 heavy (non-hydrogen) atoms. The fourth-order valence-electron chi connectivity index (χ4n) is 5.51. The van der Waals surface area contributed by atoms with E-state index < -0.39 is 12.2 Å². The Kier molecular flexibility index (Phi) is 5.32. The summed E-state index contributed by atoms with van der Waals surface area (Å²) in [6.45, 7) is 1.38. The van der Waals surface area contributed by atoms with Gasteiger partial charge in [-0.2, -0.15) is 0 Å². The zero-order chi connectivity index (χ0) is 22.4. The summed E-state index contributed by atoms with van der Waals surface area (Å²) in [5.74, 6) is 0.0217. The molecule has 2 N–H and O–H groups in total. The van der Waals surface area contributed by atoms with Gasteiger partial charge in [0.15, 0.2) is 0 Å². The molecule has 7 heteroatoms. The first kappa shape index (κ1) is 20.7. The van der Waals surface area contributed by atoms with Gasteiger partial charge in [0, 0.05) is 29.8 Å². The largest absolute Gasteiger partial charge is 0.390 e. The van der Waals surface area contributed by atoms with Crippen LogP contribution in [-0.2, 0) is 24.2 Å². The first-order chi connectivity index (χ1) is 16.2. The van der Waals surface area contributed by atoms with E-state index in [4.69, 9.17) is 9.72 Å². The summed E-state index contributed by atoms with van der Waals surface area (Å²) < 4.78 is 7.67. The third-order valence-electron chi connectivity index (χ3n) is 7.33. The van der Waals surface area contributed by atoms with Crippen LogP contribution in [0.25, 0.3) is 21.9 Å². The molecule has 170 valence electrons. The number of ether oxygens (including phenoxy) is 1. The number of aryl methyl sites for hydroxylation is 2. The van der Waals surface area contributed by atoms with Crippen molar-refractivity contribution in [2.75, 3.05) is 6.61 Å². The van der Waals surface area contributed by atoms with Crippen LogP contribution in [0.4, 0.5) is 0 Å². The molecule has 0 radical (unpaired) electrons. The fraction of sp³-hybridized carbons (Fsp3) is 0.423. The SMILES string of the molecule is O[C@@H]1[C@@H](CCc2ccc3cc4c(nc3c2)COCCC4)C[C@@H](n2ccc3cncnc32)[C@@H]1O. The van der Waals surface area contributed by atoms with Gasteiger partial charge in [-0.25, -0.2) is 9.97 Å². The van der Waals surface area contributed by atoms with Crippen molar-refractivity contribution < 1.29 is 14.9 Å². The number of aliphatic hydroxyl groups excluding tert-OH is 2. The standard InChI is InChI=1S/C26H28N4O3/c31-24-19(12-23(25(24)32)30-8-7-20-13-27-15-28-26(20)30)6-4-16-3-5-18-11-17-2-1-9-33-14-22(17)29-21(18)10-16/h3,5,7-8,10-11,13,15,19,23-25,31-32H,1-2,4,6,9,12,14H2/t19-,23+,24+,25-/m0/s1. The highest BCUT2D eigenvalue weighted by Crippen LogP contribution is 2.39. The molecule has 4 heterocycles. The first-order valence-corrected chi connectivity index (χ1v) is 11.8. The van der Waals surface area contributed by atoms with Crippen LogP contribution in [-0.4, -0.2) is 48.5 Å². The lowest BCUT2D eigenvalue weighted by molar-refractivity contribution is 0.00545. The maximum Gasteiger partial charge on any atom is 0.143 e. The number of rotatable bonds is 4. The second-order valence-corrected chi connectivity index (χ2v) is 9.39. The van der Waals surface area contributed by atoms with Crippen LogP contribution in [0.1, 0.15) is 42.1 Å². The van der Waals surface area contributed by atoms with E-state index in [0.29, 0.717) is 13.0 Å². The van der Waals surface area contributed by atoms with Gasteiger partial charge < -0.3 is 19.5 Å². The third-order valence-corrected chi connectivity index (χ3v) is 7.33. The number of aromatic nitrogens is 4. The van der Waals surface area contributed by atoms with Gasteiger partial charge in [-0.05, 0) is 67.3 Å². The van der Waals surface area contributed by atoms with Crippen LogP contribution in [0, 0.1) is 5.92 Å². The highest BCUT2D eigenvalue weighted by Gasteiger charge is 2.42. The molecule has 0 bridgehead atoms. The number of aliphatic hydroxyl groups is 2. The van der Waals surface area contributed by atoms with Crippen molar-refractivity contribution in [1.29, 1.82) is 0 Å². The van der Waals surface area contributed by atoms with Crippen molar-refractivity contribution in [2.45, 2.75) is 57.0 Å². The van der Waals surface area contributed by atoms with Gasteiger partial charge in [0.25, 0.3) is 0 Å². The molecule has 4 atom stereocenters. The zero-order valence-corrected chi connectivity index (χ0v) is 18.5. The van der Waals surface area contributed by atoms with Gasteiger partial charge in [0.1, 0.15) is 18.1 Å². The van der Waals surface area contributed by atoms with Crippen molar-refractivity contribution in [3.05, 3.63) is 65.9 Å². The van der Waals surface area contributed by atoms with Gasteiger partial charge in [-0.15, -0.1) is 0 Å². The smallest absolute Gasteiger partial charge is 0.143 e. The van der Waals surface area contributed by atoms with E-state index in [9.17, 15) is 10.2 Å². The third kappa shape index (κ3) is 3.80. The highest BCUT2D eigenvalue weighted by molar-refractivity contribution is 5.80. The maximum absolute atomic E-state index is 10.8. The molecule has 2 aliphatic rings. The van der Waals surface area contributed by atoms with Crippen molar-refractivity contribution in [1.82, 2.24) is 19.5 Å². The minimum Gasteiger partial charge on any atom is -0.390 e. The van der Waals surface area contributed by atoms with Crippen molar-refractivity contribution in [3.63, 3.8) is 0 Å². The fourth-order valence-corrected chi connectivity index (χ4v) is 5.51. The summed E-state index contributed by atoms with van der Waals surface area (Å²) in [6, 6.07) is 10.5. The Bertz CT molecular complexity index is 1300. The molecule has 6 rings (SSSR count). The number of pyridine rings is 1. The summed E-state index contributed by atoms with van der Waals surface area (Å²) >= 11 is 0. The molecule has 7 nitrogen and oxygen atoms in total. The Morgan fingerprint density at radius 2 is 2.03 bits per heavy atom. The quantitative estimate of drug-likeness (QED) is 0.501. The van der Waals surface area contributed by atoms with Crippen molar-refractivity contribution in [2.24, 2.45) is 5.92 Å². The lowest BCUT2D eigenvalue weighted by Gasteiger charge is -2.19. The molecule has 0 saturated heterocycles. The Balaban J connectivity index is 1.19. The Hall–Kier alpha value is -2.87. The van der Waals surface area contributed by atoms with E-state index in [1.807, 2.05) is 16.8 Å². The summed E-state index contributed by atoms with van der Waals surface area (Å²) in [7, 11) is 0. The molecule has 3 aromatic heterocycles. The predicted molar refractivity (Wildman–Crippen MR) is 125 cm³/mol. The summed E-state index contributed by atoms with van der Waals surface area (Å²) in [5, 5.41) is 23.7. The van der Waals surface area contributed by atoms with Crippen LogP contribution in [0.5, 0.6) is 0 Å². The lowest BCUT2D eigenvalue weighted by atomic mass is 9.95. The second-order valence-electron chi connectivity index (χ2n) is 9.39. The normalized spacial score (nSPS) is 25.4. The maximum atomic E-state index is 10.8. The van der Waals surface area contributed by atoms with Gasteiger partial charge in [-0.1, -0.05) is 12.1 Å². The van der Waals surface area contributed by atoms with E-state index in [-0.39, 0.29) is 12.0 Å². The second kappa shape index (κ2) is 8.48. The number of nitrogens with zero attached hydrogens (tertiary/aromatic N) is 4. The number of benzene rings is 1. The molecule has 4 aromatic rings. The molecular formula is C26H28N4O3. The highest BCUT2D eigenvalue weighted by atomic mass is 16.5. The van der Waals surface area contributed by atoms with Gasteiger partial charge in [-0.3, -0.25) is 4.98 Å². The molecule has 0 amide bonds. The summed E-state index contributed by atoms with van der Waals surface area (Å²) in [5.41, 5.74) is 5.35. The summed E-state index contributed by atoms with van der Waals surface area (Å²) in [6.07, 6.45) is 8.08. The predicted octanol–water partition coefficient (Wildman–Crippen LogP) is 3.36. The number of hydrogen-bond donors (Lipinski definition) is 2. The first-order valence-electron chi connectivity index (χ1n) is 11.8. The number of fused-ring (bicyclic) bond motifs is 3. The average molecular weight is 445 g/mol. The molecule has 1 aliphatic heterocycles. The topological polar surface area (TPSA) is 93.3 Å². The molecule has 1 aromatic carbocycles. The van der Waals surface area contributed by atoms with Crippen LogP contribution in [0.3, 0.4) is 0 Å². The molecule has 1 fully saturated rings. The lowest BCUT2D eigenvalue weighted by Crippen LogP contribution is -2.29. The van der Waals surface area contributed by atoms with Crippen molar-refractivity contribution in [3.8, 4) is 0 Å².